The van der Waals surface area contributed by atoms with Crippen LogP contribution in [0.4, 0.5) is 0 Å². The van der Waals surface area contributed by atoms with Crippen molar-refractivity contribution in [2.24, 2.45) is 5.73 Å². The van der Waals surface area contributed by atoms with Crippen LogP contribution in [-0.4, -0.2) is 22.8 Å². The van der Waals surface area contributed by atoms with E-state index in [4.69, 9.17) is 27.5 Å². The lowest BCUT2D eigenvalue weighted by molar-refractivity contribution is 0.0694. The van der Waals surface area contributed by atoms with Crippen molar-refractivity contribution < 1.29 is 15.0 Å². The molecular formula is C9H10ClNO3. The number of benzene rings is 1. The highest BCUT2D eigenvalue weighted by Gasteiger charge is 2.15. The van der Waals surface area contributed by atoms with E-state index in [1.165, 1.54) is 12.1 Å². The first-order chi connectivity index (χ1) is 6.56. The van der Waals surface area contributed by atoms with Gasteiger partial charge < -0.3 is 15.9 Å². The minimum absolute atomic E-state index is 0.0269. The Morgan fingerprint density at radius 2 is 2.21 bits per heavy atom. The van der Waals surface area contributed by atoms with Gasteiger partial charge in [-0.2, -0.15) is 0 Å². The van der Waals surface area contributed by atoms with Gasteiger partial charge in [-0.1, -0.05) is 17.7 Å². The van der Waals surface area contributed by atoms with E-state index in [1.807, 2.05) is 0 Å². The van der Waals surface area contributed by atoms with Crippen LogP contribution in [0.1, 0.15) is 22.0 Å². The van der Waals surface area contributed by atoms with Gasteiger partial charge in [0.1, 0.15) is 0 Å². The Labute approximate surface area is 85.9 Å². The van der Waals surface area contributed by atoms with Crippen molar-refractivity contribution in [3.05, 3.63) is 34.3 Å². The standard InChI is InChI=1S/C9H10ClNO3/c10-5-1-2-6(8(11)4-12)7(3-5)9(13)14/h1-3,8,12H,4,11H2,(H,13,14)/t8-/m1/s1. The van der Waals surface area contributed by atoms with Crippen LogP contribution in [-0.2, 0) is 0 Å². The lowest BCUT2D eigenvalue weighted by Gasteiger charge is -2.11. The molecular weight excluding hydrogens is 206 g/mol. The third-order valence-corrected chi connectivity index (χ3v) is 2.08. The van der Waals surface area contributed by atoms with E-state index in [9.17, 15) is 4.79 Å². The Bertz CT molecular complexity index is 354. The van der Waals surface area contributed by atoms with E-state index in [2.05, 4.69) is 0 Å². The van der Waals surface area contributed by atoms with Crippen molar-refractivity contribution in [1.82, 2.24) is 0 Å². The molecule has 1 rings (SSSR count). The molecule has 0 aliphatic rings. The van der Waals surface area contributed by atoms with Crippen LogP contribution in [0.3, 0.4) is 0 Å². The van der Waals surface area contributed by atoms with Gasteiger partial charge in [-0.15, -0.1) is 0 Å². The summed E-state index contributed by atoms with van der Waals surface area (Å²) in [7, 11) is 0. The third kappa shape index (κ3) is 2.23. The first kappa shape index (κ1) is 11.0. The van der Waals surface area contributed by atoms with Crippen LogP contribution in [0.25, 0.3) is 0 Å². The number of hydrogen-bond donors (Lipinski definition) is 3. The number of nitrogens with two attached hydrogens (primary N) is 1. The van der Waals surface area contributed by atoms with Gasteiger partial charge in [-0.25, -0.2) is 4.79 Å². The van der Waals surface area contributed by atoms with Crippen molar-refractivity contribution in [2.75, 3.05) is 6.61 Å². The lowest BCUT2D eigenvalue weighted by Crippen LogP contribution is -2.18. The SMILES string of the molecule is N[C@H](CO)c1ccc(Cl)cc1C(=O)O. The molecule has 0 fully saturated rings. The quantitative estimate of drug-likeness (QED) is 0.703. The summed E-state index contributed by atoms with van der Waals surface area (Å²) in [5.74, 6) is -1.11. The molecule has 4 nitrogen and oxygen atoms in total. The molecule has 0 saturated carbocycles. The summed E-state index contributed by atoms with van der Waals surface area (Å²) in [5.41, 5.74) is 5.93. The van der Waals surface area contributed by atoms with Crippen molar-refractivity contribution in [3.8, 4) is 0 Å². The van der Waals surface area contributed by atoms with E-state index in [-0.39, 0.29) is 12.2 Å². The van der Waals surface area contributed by atoms with Crippen LogP contribution < -0.4 is 5.73 Å². The summed E-state index contributed by atoms with van der Waals surface area (Å²) >= 11 is 5.64. The molecule has 0 amide bonds. The van der Waals surface area contributed by atoms with Gasteiger partial charge in [0.2, 0.25) is 0 Å². The van der Waals surface area contributed by atoms with Gasteiger partial charge in [0.25, 0.3) is 0 Å². The average Bonchev–Trinajstić information content (AvgIpc) is 2.16. The predicted molar refractivity (Wildman–Crippen MR) is 52.4 cm³/mol. The zero-order valence-electron chi connectivity index (χ0n) is 7.27. The summed E-state index contributed by atoms with van der Waals surface area (Å²) in [5, 5.41) is 18.0. The Balaban J connectivity index is 3.21. The largest absolute Gasteiger partial charge is 0.478 e. The maximum Gasteiger partial charge on any atom is 0.336 e. The van der Waals surface area contributed by atoms with Crippen LogP contribution >= 0.6 is 11.6 Å². The Kier molecular flexibility index (Phi) is 3.46. The van der Waals surface area contributed by atoms with Crippen LogP contribution in [0, 0.1) is 0 Å². The van der Waals surface area contributed by atoms with Crippen molar-refractivity contribution >= 4 is 17.6 Å². The molecule has 76 valence electrons. The summed E-state index contributed by atoms with van der Waals surface area (Å²) in [4.78, 5) is 10.8. The number of aliphatic hydroxyl groups excluding tert-OH is 1. The molecule has 0 aliphatic carbocycles. The van der Waals surface area contributed by atoms with Crippen LogP contribution in [0.15, 0.2) is 18.2 Å². The Morgan fingerprint density at radius 1 is 1.57 bits per heavy atom. The first-order valence-corrected chi connectivity index (χ1v) is 4.33. The van der Waals surface area contributed by atoms with Gasteiger partial charge in [-0.3, -0.25) is 0 Å². The maximum absolute atomic E-state index is 10.8. The highest BCUT2D eigenvalue weighted by molar-refractivity contribution is 6.30. The van der Waals surface area contributed by atoms with Crippen molar-refractivity contribution in [2.45, 2.75) is 6.04 Å². The molecule has 0 aliphatic heterocycles. The zero-order chi connectivity index (χ0) is 10.7. The van der Waals surface area contributed by atoms with Crippen LogP contribution in [0.5, 0.6) is 0 Å². The van der Waals surface area contributed by atoms with E-state index < -0.39 is 12.0 Å². The van der Waals surface area contributed by atoms with Gasteiger partial charge in [-0.05, 0) is 17.7 Å². The van der Waals surface area contributed by atoms with Gasteiger partial charge in [0, 0.05) is 5.02 Å². The molecule has 1 aromatic rings. The third-order valence-electron chi connectivity index (χ3n) is 1.84. The number of carboxylic acids is 1. The number of rotatable bonds is 3. The molecule has 0 radical (unpaired) electrons. The number of hydrogen-bond acceptors (Lipinski definition) is 3. The minimum Gasteiger partial charge on any atom is -0.478 e. The fourth-order valence-electron chi connectivity index (χ4n) is 1.14. The highest BCUT2D eigenvalue weighted by Crippen LogP contribution is 2.20. The monoisotopic (exact) mass is 215 g/mol. The number of carboxylic acid groups (broad SMARTS) is 1. The minimum atomic E-state index is -1.11. The second kappa shape index (κ2) is 4.41. The summed E-state index contributed by atoms with van der Waals surface area (Å²) in [6.07, 6.45) is 0. The summed E-state index contributed by atoms with van der Waals surface area (Å²) in [6, 6.07) is 3.67. The molecule has 0 heterocycles. The zero-order valence-corrected chi connectivity index (χ0v) is 8.03. The topological polar surface area (TPSA) is 83.5 Å². The van der Waals surface area contributed by atoms with Crippen molar-refractivity contribution in [1.29, 1.82) is 0 Å². The number of aliphatic hydroxyl groups is 1. The van der Waals surface area contributed by atoms with E-state index in [0.29, 0.717) is 10.6 Å². The molecule has 0 aromatic heterocycles. The molecule has 0 spiro atoms. The van der Waals surface area contributed by atoms with Crippen molar-refractivity contribution in [3.63, 3.8) is 0 Å². The fraction of sp³-hybridized carbons (Fsp3) is 0.222. The normalized spacial score (nSPS) is 12.5. The number of aromatic carboxylic acids is 1. The average molecular weight is 216 g/mol. The molecule has 0 bridgehead atoms. The van der Waals surface area contributed by atoms with Gasteiger partial charge in [0.05, 0.1) is 18.2 Å². The van der Waals surface area contributed by atoms with E-state index in [1.54, 1.807) is 6.07 Å². The molecule has 1 atom stereocenters. The number of carbonyl (C=O) groups is 1. The molecule has 14 heavy (non-hydrogen) atoms. The van der Waals surface area contributed by atoms with Gasteiger partial charge in [0.15, 0.2) is 0 Å². The second-order valence-electron chi connectivity index (χ2n) is 2.83. The molecule has 0 saturated heterocycles. The Hall–Kier alpha value is -1.10. The van der Waals surface area contributed by atoms with Gasteiger partial charge >= 0.3 is 5.97 Å². The molecule has 4 N–H and O–H groups in total. The van der Waals surface area contributed by atoms with Crippen LogP contribution in [0.2, 0.25) is 5.02 Å². The van der Waals surface area contributed by atoms with E-state index in [0.717, 1.165) is 0 Å². The lowest BCUT2D eigenvalue weighted by atomic mass is 10.0. The smallest absolute Gasteiger partial charge is 0.336 e. The Morgan fingerprint density at radius 3 is 2.71 bits per heavy atom. The maximum atomic E-state index is 10.8. The predicted octanol–water partition coefficient (Wildman–Crippen LogP) is 1.03. The number of halogens is 1. The molecule has 1 aromatic carbocycles. The summed E-state index contributed by atoms with van der Waals surface area (Å²) in [6.45, 7) is -0.304. The highest BCUT2D eigenvalue weighted by atomic mass is 35.5. The molecule has 0 unspecified atom stereocenters. The second-order valence-corrected chi connectivity index (χ2v) is 3.26. The van der Waals surface area contributed by atoms with E-state index >= 15 is 0 Å². The fourth-order valence-corrected chi connectivity index (χ4v) is 1.31. The summed E-state index contributed by atoms with van der Waals surface area (Å²) < 4.78 is 0. The first-order valence-electron chi connectivity index (χ1n) is 3.95. The molecule has 5 heteroatoms.